The first-order valence-corrected chi connectivity index (χ1v) is 5.65. The summed E-state index contributed by atoms with van der Waals surface area (Å²) in [6.07, 6.45) is -8.19. The molecule has 0 bridgehead atoms. The van der Waals surface area contributed by atoms with Crippen LogP contribution in [-0.4, -0.2) is 11.3 Å². The van der Waals surface area contributed by atoms with Crippen molar-refractivity contribution >= 4 is 34.2 Å². The summed E-state index contributed by atoms with van der Waals surface area (Å²) >= 11 is 7.07. The van der Waals surface area contributed by atoms with Crippen LogP contribution < -0.4 is 4.74 Å². The molecule has 17 heavy (non-hydrogen) atoms. The number of hydrogen-bond donors (Lipinski definition) is 0. The number of hydrogen-bond acceptors (Lipinski definition) is 2. The van der Waals surface area contributed by atoms with Crippen molar-refractivity contribution in [3.63, 3.8) is 0 Å². The van der Waals surface area contributed by atoms with E-state index < -0.39 is 24.2 Å². The first kappa shape index (κ1) is 14.7. The zero-order chi connectivity index (χ0) is 13.2. The van der Waals surface area contributed by atoms with Gasteiger partial charge in [-0.2, -0.15) is 0 Å². The van der Waals surface area contributed by atoms with Crippen LogP contribution in [0.1, 0.15) is 17.7 Å². The normalized spacial score (nSPS) is 12.0. The Morgan fingerprint density at radius 3 is 2.41 bits per heavy atom. The Morgan fingerprint density at radius 1 is 1.41 bits per heavy atom. The van der Waals surface area contributed by atoms with E-state index in [1.807, 2.05) is 0 Å². The monoisotopic (exact) mass is 387 g/mol. The summed E-state index contributed by atoms with van der Waals surface area (Å²) in [5, 5.41) is 0. The quantitative estimate of drug-likeness (QED) is 0.439. The summed E-state index contributed by atoms with van der Waals surface area (Å²) in [5.41, 5.74) is -0.864. The summed E-state index contributed by atoms with van der Waals surface area (Å²) in [6.45, 7) is 0. The number of pyridine rings is 1. The maximum absolute atomic E-state index is 12.5. The third kappa shape index (κ3) is 4.09. The molecule has 0 aromatic carbocycles. The Kier molecular flexibility index (Phi) is 4.76. The van der Waals surface area contributed by atoms with Gasteiger partial charge in [-0.3, -0.25) is 0 Å². The average Bonchev–Trinajstić information content (AvgIpc) is 2.17. The lowest BCUT2D eigenvalue weighted by Crippen LogP contribution is -2.19. The van der Waals surface area contributed by atoms with Crippen LogP contribution in [0.15, 0.2) is 6.07 Å². The van der Waals surface area contributed by atoms with E-state index in [1.54, 1.807) is 22.6 Å². The van der Waals surface area contributed by atoms with Crippen LogP contribution in [0.2, 0.25) is 0 Å². The Balaban J connectivity index is 3.24. The molecule has 0 atom stereocenters. The van der Waals surface area contributed by atoms with Crippen LogP contribution in [0.5, 0.6) is 5.88 Å². The fraction of sp³-hybridized carbons (Fsp3) is 0.375. The summed E-state index contributed by atoms with van der Waals surface area (Å²) < 4.78 is 64.6. The molecule has 0 radical (unpaired) electrons. The lowest BCUT2D eigenvalue weighted by molar-refractivity contribution is -0.276. The van der Waals surface area contributed by atoms with Crippen LogP contribution >= 0.6 is 34.2 Å². The third-order valence-corrected chi connectivity index (χ3v) is 2.80. The third-order valence-electron chi connectivity index (χ3n) is 1.62. The molecule has 96 valence electrons. The van der Waals surface area contributed by atoms with Gasteiger partial charge in [-0.25, -0.2) is 13.8 Å². The van der Waals surface area contributed by atoms with Gasteiger partial charge in [0.2, 0.25) is 5.88 Å². The fourth-order valence-corrected chi connectivity index (χ4v) is 2.04. The van der Waals surface area contributed by atoms with Gasteiger partial charge in [-0.15, -0.1) is 24.8 Å². The molecule has 0 fully saturated rings. The highest BCUT2D eigenvalue weighted by Crippen LogP contribution is 2.33. The highest BCUT2D eigenvalue weighted by molar-refractivity contribution is 14.1. The van der Waals surface area contributed by atoms with Gasteiger partial charge in [0.1, 0.15) is 0 Å². The molecule has 2 nitrogen and oxygen atoms in total. The average molecular weight is 387 g/mol. The van der Waals surface area contributed by atoms with Crippen molar-refractivity contribution in [2.24, 2.45) is 0 Å². The molecule has 1 rings (SSSR count). The Bertz CT molecular complexity index is 412. The lowest BCUT2D eigenvalue weighted by Gasteiger charge is -2.13. The Morgan fingerprint density at radius 2 is 2.00 bits per heavy atom. The SMILES string of the molecule is FC(F)c1cc(I)c(CCl)nc1OC(F)(F)F. The summed E-state index contributed by atoms with van der Waals surface area (Å²) in [6, 6.07) is 0.872. The van der Waals surface area contributed by atoms with E-state index in [0.717, 1.165) is 6.07 Å². The van der Waals surface area contributed by atoms with Crippen molar-refractivity contribution in [3.05, 3.63) is 20.9 Å². The van der Waals surface area contributed by atoms with E-state index >= 15 is 0 Å². The summed E-state index contributed by atoms with van der Waals surface area (Å²) in [7, 11) is 0. The van der Waals surface area contributed by atoms with Gasteiger partial charge in [0, 0.05) is 3.57 Å². The van der Waals surface area contributed by atoms with Gasteiger partial charge in [-0.1, -0.05) is 0 Å². The number of halogens is 7. The molecule has 0 saturated heterocycles. The number of aromatic nitrogens is 1. The van der Waals surface area contributed by atoms with Crippen LogP contribution in [0.25, 0.3) is 0 Å². The topological polar surface area (TPSA) is 22.1 Å². The zero-order valence-corrected chi connectivity index (χ0v) is 10.8. The van der Waals surface area contributed by atoms with E-state index in [4.69, 9.17) is 11.6 Å². The highest BCUT2D eigenvalue weighted by Gasteiger charge is 2.34. The zero-order valence-electron chi connectivity index (χ0n) is 7.86. The van der Waals surface area contributed by atoms with Gasteiger partial charge in [0.15, 0.2) is 0 Å². The second-order valence-corrected chi connectivity index (χ2v) is 4.22. The lowest BCUT2D eigenvalue weighted by atomic mass is 10.2. The second kappa shape index (κ2) is 5.51. The highest BCUT2D eigenvalue weighted by atomic mass is 127. The van der Waals surface area contributed by atoms with Crippen LogP contribution in [0.3, 0.4) is 0 Å². The molecule has 1 heterocycles. The fourth-order valence-electron chi connectivity index (χ4n) is 0.964. The van der Waals surface area contributed by atoms with Gasteiger partial charge in [0.25, 0.3) is 6.43 Å². The molecule has 0 aliphatic rings. The molecule has 0 aliphatic carbocycles. The first-order chi connectivity index (χ1) is 7.74. The van der Waals surface area contributed by atoms with E-state index in [9.17, 15) is 22.0 Å². The molecule has 0 aliphatic heterocycles. The molecule has 0 saturated carbocycles. The van der Waals surface area contributed by atoms with Gasteiger partial charge < -0.3 is 4.74 Å². The molecule has 0 N–H and O–H groups in total. The molecular formula is C8H4ClF5INO. The number of ether oxygens (including phenoxy) is 1. The largest absolute Gasteiger partial charge is 0.574 e. The smallest absolute Gasteiger partial charge is 0.387 e. The molecule has 0 amide bonds. The van der Waals surface area contributed by atoms with E-state index in [-0.39, 0.29) is 15.1 Å². The molecule has 0 spiro atoms. The van der Waals surface area contributed by atoms with E-state index in [0.29, 0.717) is 0 Å². The second-order valence-electron chi connectivity index (χ2n) is 2.79. The van der Waals surface area contributed by atoms with Crippen molar-refractivity contribution in [1.29, 1.82) is 0 Å². The van der Waals surface area contributed by atoms with Crippen molar-refractivity contribution < 1.29 is 26.7 Å². The van der Waals surface area contributed by atoms with Gasteiger partial charge in [-0.05, 0) is 28.7 Å². The molecule has 1 aromatic rings. The van der Waals surface area contributed by atoms with Crippen LogP contribution in [-0.2, 0) is 5.88 Å². The van der Waals surface area contributed by atoms with Crippen molar-refractivity contribution in [2.45, 2.75) is 18.7 Å². The first-order valence-electron chi connectivity index (χ1n) is 4.03. The predicted octanol–water partition coefficient (Wildman–Crippen LogP) is 4.26. The Hall–Kier alpha value is -0.380. The van der Waals surface area contributed by atoms with Crippen molar-refractivity contribution in [3.8, 4) is 5.88 Å². The number of alkyl halides is 6. The van der Waals surface area contributed by atoms with Crippen LogP contribution in [0.4, 0.5) is 22.0 Å². The molecule has 1 aromatic heterocycles. The van der Waals surface area contributed by atoms with Crippen LogP contribution in [0, 0.1) is 3.57 Å². The number of rotatable bonds is 3. The molecule has 9 heteroatoms. The van der Waals surface area contributed by atoms with E-state index in [2.05, 4.69) is 9.72 Å². The van der Waals surface area contributed by atoms with Gasteiger partial charge >= 0.3 is 6.36 Å². The minimum atomic E-state index is -5.08. The number of nitrogens with zero attached hydrogens (tertiary/aromatic N) is 1. The maximum atomic E-state index is 12.5. The van der Waals surface area contributed by atoms with Crippen molar-refractivity contribution in [1.82, 2.24) is 4.98 Å². The summed E-state index contributed by atoms with van der Waals surface area (Å²) in [4.78, 5) is 3.34. The molecule has 0 unspecified atom stereocenters. The van der Waals surface area contributed by atoms with Gasteiger partial charge in [0.05, 0.1) is 17.1 Å². The van der Waals surface area contributed by atoms with Crippen molar-refractivity contribution in [2.75, 3.05) is 0 Å². The maximum Gasteiger partial charge on any atom is 0.574 e. The molecular weight excluding hydrogens is 383 g/mol. The summed E-state index contributed by atoms with van der Waals surface area (Å²) in [5.74, 6) is -1.36. The Labute approximate surface area is 111 Å². The minimum Gasteiger partial charge on any atom is -0.387 e. The predicted molar refractivity (Wildman–Crippen MR) is 58.2 cm³/mol. The minimum absolute atomic E-state index is 0.0518. The van der Waals surface area contributed by atoms with E-state index in [1.165, 1.54) is 0 Å². The standard InChI is InChI=1S/C8H4ClF5INO/c9-2-5-4(15)1-3(6(10)11)7(16-5)17-8(12,13)14/h1,6H,2H2.